The van der Waals surface area contributed by atoms with Gasteiger partial charge >= 0.3 is 0 Å². The van der Waals surface area contributed by atoms with Crippen molar-refractivity contribution in [3.63, 3.8) is 0 Å². The average molecular weight is 275 g/mol. The van der Waals surface area contributed by atoms with Crippen LogP contribution < -0.4 is 0 Å². The molecule has 2 nitrogen and oxygen atoms in total. The molecule has 0 unspecified atom stereocenters. The van der Waals surface area contributed by atoms with Crippen LogP contribution in [0.4, 0.5) is 0 Å². The van der Waals surface area contributed by atoms with Crippen LogP contribution in [0.2, 0.25) is 5.02 Å². The van der Waals surface area contributed by atoms with Gasteiger partial charge in [-0.25, -0.2) is 0 Å². The molecule has 0 saturated heterocycles. The van der Waals surface area contributed by atoms with Crippen molar-refractivity contribution in [1.82, 2.24) is 0 Å². The lowest BCUT2D eigenvalue weighted by atomic mass is 9.90. The van der Waals surface area contributed by atoms with Gasteiger partial charge in [0.25, 0.3) is 0 Å². The lowest BCUT2D eigenvalue weighted by Gasteiger charge is -2.18. The molecular formula is C16H15ClO2. The Kier molecular flexibility index (Phi) is 4.35. The van der Waals surface area contributed by atoms with Gasteiger partial charge in [0, 0.05) is 16.5 Å². The molecule has 0 aliphatic rings. The van der Waals surface area contributed by atoms with Crippen LogP contribution in [0.1, 0.15) is 28.9 Å². The first-order valence-electron chi connectivity index (χ1n) is 6.12. The highest BCUT2D eigenvalue weighted by Gasteiger charge is 2.24. The van der Waals surface area contributed by atoms with Gasteiger partial charge < -0.3 is 5.11 Å². The second-order valence-electron chi connectivity index (χ2n) is 4.52. The van der Waals surface area contributed by atoms with Gasteiger partial charge in [-0.2, -0.15) is 0 Å². The number of ketones is 1. The summed E-state index contributed by atoms with van der Waals surface area (Å²) in [6.45, 7) is 1.73. The van der Waals surface area contributed by atoms with Gasteiger partial charge in [0.05, 0.1) is 6.10 Å². The fourth-order valence-corrected chi connectivity index (χ4v) is 2.08. The quantitative estimate of drug-likeness (QED) is 0.859. The molecule has 1 N–H and O–H groups in total. The van der Waals surface area contributed by atoms with E-state index in [2.05, 4.69) is 0 Å². The summed E-state index contributed by atoms with van der Waals surface area (Å²) < 4.78 is 0. The fraction of sp³-hybridized carbons (Fsp3) is 0.188. The smallest absolute Gasteiger partial charge is 0.168 e. The van der Waals surface area contributed by atoms with E-state index in [4.69, 9.17) is 11.6 Å². The first kappa shape index (κ1) is 13.8. The maximum absolute atomic E-state index is 12.2. The van der Waals surface area contributed by atoms with Crippen molar-refractivity contribution in [2.24, 2.45) is 5.92 Å². The van der Waals surface area contributed by atoms with E-state index in [-0.39, 0.29) is 5.78 Å². The monoisotopic (exact) mass is 274 g/mol. The van der Waals surface area contributed by atoms with Gasteiger partial charge in [0.2, 0.25) is 0 Å². The minimum atomic E-state index is -0.829. The van der Waals surface area contributed by atoms with Gasteiger partial charge in [0.1, 0.15) is 0 Å². The number of carbonyl (C=O) groups is 1. The third kappa shape index (κ3) is 3.22. The predicted octanol–water partition coefficient (Wildman–Crippen LogP) is 3.89. The normalized spacial score (nSPS) is 13.8. The van der Waals surface area contributed by atoms with E-state index in [1.54, 1.807) is 43.3 Å². The molecule has 3 heteroatoms. The number of hydrogen-bond acceptors (Lipinski definition) is 2. The third-order valence-electron chi connectivity index (χ3n) is 3.16. The van der Waals surface area contributed by atoms with Crippen molar-refractivity contribution in [1.29, 1.82) is 0 Å². The maximum atomic E-state index is 12.2. The summed E-state index contributed by atoms with van der Waals surface area (Å²) in [7, 11) is 0. The first-order valence-corrected chi connectivity index (χ1v) is 6.50. The Morgan fingerprint density at radius 3 is 2.21 bits per heavy atom. The topological polar surface area (TPSA) is 37.3 Å². The number of carbonyl (C=O) groups excluding carboxylic acids is 1. The second kappa shape index (κ2) is 6.00. The van der Waals surface area contributed by atoms with E-state index < -0.39 is 12.0 Å². The first-order chi connectivity index (χ1) is 9.09. The molecule has 0 aliphatic carbocycles. The number of aliphatic hydroxyl groups excluding tert-OH is 1. The summed E-state index contributed by atoms with van der Waals surface area (Å²) in [6.07, 6.45) is -0.829. The summed E-state index contributed by atoms with van der Waals surface area (Å²) in [5.74, 6) is -0.563. The van der Waals surface area contributed by atoms with Crippen molar-refractivity contribution >= 4 is 17.4 Å². The second-order valence-corrected chi connectivity index (χ2v) is 4.95. The minimum Gasteiger partial charge on any atom is -0.388 e. The Labute approximate surface area is 117 Å². The van der Waals surface area contributed by atoms with Crippen LogP contribution in [0.15, 0.2) is 54.6 Å². The molecule has 2 rings (SSSR count). The lowest BCUT2D eigenvalue weighted by Crippen LogP contribution is -2.19. The molecule has 0 aromatic heterocycles. The van der Waals surface area contributed by atoms with Crippen molar-refractivity contribution in [3.05, 3.63) is 70.7 Å². The highest BCUT2D eigenvalue weighted by atomic mass is 35.5. The zero-order chi connectivity index (χ0) is 13.8. The summed E-state index contributed by atoms with van der Waals surface area (Å²) in [5.41, 5.74) is 1.31. The Morgan fingerprint density at radius 2 is 1.63 bits per heavy atom. The van der Waals surface area contributed by atoms with Gasteiger partial charge in [-0.3, -0.25) is 4.79 Å². The molecule has 2 aromatic rings. The van der Waals surface area contributed by atoms with Gasteiger partial charge in [0.15, 0.2) is 5.78 Å². The molecule has 98 valence electrons. The number of halogens is 1. The SMILES string of the molecule is C[C@H](C(=O)c1ccccc1)[C@H](O)c1ccc(Cl)cc1. The molecule has 2 aromatic carbocycles. The standard InChI is InChI=1S/C16H15ClO2/c1-11(15(18)12-5-3-2-4-6-12)16(19)13-7-9-14(17)10-8-13/h2-11,16,19H,1H3/t11-,16+/m1/s1. The van der Waals surface area contributed by atoms with E-state index in [0.717, 1.165) is 0 Å². The molecule has 0 spiro atoms. The van der Waals surface area contributed by atoms with E-state index in [1.807, 2.05) is 18.2 Å². The Bertz CT molecular complexity index is 549. The predicted molar refractivity (Wildman–Crippen MR) is 76.3 cm³/mol. The Balaban J connectivity index is 2.17. The van der Waals surface area contributed by atoms with Crippen molar-refractivity contribution in [3.8, 4) is 0 Å². The van der Waals surface area contributed by atoms with Crippen LogP contribution >= 0.6 is 11.6 Å². The maximum Gasteiger partial charge on any atom is 0.168 e. The molecule has 0 fully saturated rings. The number of Topliss-reactive ketones (excluding diaryl/α,β-unsaturated/α-hetero) is 1. The van der Waals surface area contributed by atoms with E-state index in [1.165, 1.54) is 0 Å². The Hall–Kier alpha value is -1.64. The van der Waals surface area contributed by atoms with Crippen LogP contribution in [0.3, 0.4) is 0 Å². The largest absolute Gasteiger partial charge is 0.388 e. The van der Waals surface area contributed by atoms with Crippen molar-refractivity contribution in [2.75, 3.05) is 0 Å². The lowest BCUT2D eigenvalue weighted by molar-refractivity contribution is 0.0714. The number of benzene rings is 2. The van der Waals surface area contributed by atoms with Gasteiger partial charge in [-0.1, -0.05) is 61.0 Å². The molecule has 0 saturated carbocycles. The summed E-state index contributed by atoms with van der Waals surface area (Å²) >= 11 is 5.81. The van der Waals surface area contributed by atoms with E-state index in [0.29, 0.717) is 16.1 Å². The van der Waals surface area contributed by atoms with Crippen molar-refractivity contribution < 1.29 is 9.90 Å². The molecule has 0 heterocycles. The summed E-state index contributed by atoms with van der Waals surface area (Å²) in [5, 5.41) is 10.9. The summed E-state index contributed by atoms with van der Waals surface area (Å²) in [6, 6.07) is 15.9. The van der Waals surface area contributed by atoms with Gasteiger partial charge in [-0.05, 0) is 17.7 Å². The number of hydrogen-bond donors (Lipinski definition) is 1. The van der Waals surface area contributed by atoms with Crippen LogP contribution in [-0.2, 0) is 0 Å². The highest BCUT2D eigenvalue weighted by Crippen LogP contribution is 2.26. The van der Waals surface area contributed by atoms with E-state index in [9.17, 15) is 9.90 Å². The van der Waals surface area contributed by atoms with Crippen molar-refractivity contribution in [2.45, 2.75) is 13.0 Å². The highest BCUT2D eigenvalue weighted by molar-refractivity contribution is 6.30. The number of aliphatic hydroxyl groups is 1. The van der Waals surface area contributed by atoms with Crippen LogP contribution in [-0.4, -0.2) is 10.9 Å². The minimum absolute atomic E-state index is 0.0666. The van der Waals surface area contributed by atoms with E-state index >= 15 is 0 Å². The average Bonchev–Trinajstić information content (AvgIpc) is 2.46. The zero-order valence-corrected chi connectivity index (χ0v) is 11.3. The molecule has 0 bridgehead atoms. The molecule has 0 aliphatic heterocycles. The number of rotatable bonds is 4. The third-order valence-corrected chi connectivity index (χ3v) is 3.41. The van der Waals surface area contributed by atoms with Crippen LogP contribution in [0, 0.1) is 5.92 Å². The Morgan fingerprint density at radius 1 is 1.05 bits per heavy atom. The molecule has 19 heavy (non-hydrogen) atoms. The van der Waals surface area contributed by atoms with Crippen LogP contribution in [0.25, 0.3) is 0 Å². The fourth-order valence-electron chi connectivity index (χ4n) is 1.96. The molecule has 0 amide bonds. The summed E-state index contributed by atoms with van der Waals surface area (Å²) in [4.78, 5) is 12.2. The van der Waals surface area contributed by atoms with Crippen LogP contribution in [0.5, 0.6) is 0 Å². The van der Waals surface area contributed by atoms with Gasteiger partial charge in [-0.15, -0.1) is 0 Å². The molecule has 2 atom stereocenters. The molecular weight excluding hydrogens is 260 g/mol. The molecule has 0 radical (unpaired) electrons. The zero-order valence-electron chi connectivity index (χ0n) is 10.6.